The number of guanidine groups is 1. The number of unbranched alkanes of at least 4 members (excludes halogenated alkanes) is 1. The fourth-order valence-electron chi connectivity index (χ4n) is 2.00. The Hall–Kier alpha value is -1.02. The number of aliphatic imine (C=N–C) groups is 1. The van der Waals surface area contributed by atoms with Crippen LogP contribution in [0.15, 0.2) is 29.3 Å². The summed E-state index contributed by atoms with van der Waals surface area (Å²) in [6.07, 6.45) is 3.19. The molecule has 0 heterocycles. The van der Waals surface area contributed by atoms with Gasteiger partial charge in [0.2, 0.25) is 0 Å². The minimum absolute atomic E-state index is 0. The van der Waals surface area contributed by atoms with E-state index in [0.717, 1.165) is 62.8 Å². The first kappa shape index (κ1) is 23.0. The second kappa shape index (κ2) is 15.5. The summed E-state index contributed by atoms with van der Waals surface area (Å²) in [7, 11) is 1.72. The molecular weight excluding hydrogens is 417 g/mol. The Labute approximate surface area is 163 Å². The Bertz CT molecular complexity index is 456. The lowest BCUT2D eigenvalue weighted by molar-refractivity contribution is 0.195. The zero-order valence-corrected chi connectivity index (χ0v) is 17.5. The van der Waals surface area contributed by atoms with Gasteiger partial charge in [-0.1, -0.05) is 25.5 Å². The summed E-state index contributed by atoms with van der Waals surface area (Å²) in [5.74, 6) is 1.75. The fourth-order valence-corrected chi connectivity index (χ4v) is 2.00. The second-order valence-electron chi connectivity index (χ2n) is 5.32. The number of nitrogens with one attached hydrogen (secondary N) is 2. The van der Waals surface area contributed by atoms with Crippen molar-refractivity contribution in [2.75, 3.05) is 33.4 Å². The van der Waals surface area contributed by atoms with E-state index in [1.807, 2.05) is 12.1 Å². The van der Waals surface area contributed by atoms with E-state index < -0.39 is 0 Å². The smallest absolute Gasteiger partial charge is 0.191 e. The van der Waals surface area contributed by atoms with Crippen molar-refractivity contribution in [2.45, 2.75) is 39.7 Å². The lowest BCUT2D eigenvalue weighted by Gasteiger charge is -2.11. The highest BCUT2D eigenvalue weighted by Gasteiger charge is 1.99. The molecule has 0 unspecified atom stereocenters. The average molecular weight is 449 g/mol. The van der Waals surface area contributed by atoms with Crippen LogP contribution in [0.5, 0.6) is 5.75 Å². The Morgan fingerprint density at radius 1 is 1.12 bits per heavy atom. The molecule has 1 aromatic rings. The van der Waals surface area contributed by atoms with Gasteiger partial charge in [0.25, 0.3) is 0 Å². The van der Waals surface area contributed by atoms with Gasteiger partial charge in [0, 0.05) is 26.8 Å². The Kier molecular flexibility index (Phi) is 14.8. The van der Waals surface area contributed by atoms with Crippen LogP contribution in [0.2, 0.25) is 0 Å². The molecule has 0 aliphatic rings. The Morgan fingerprint density at radius 2 is 1.96 bits per heavy atom. The molecule has 0 bridgehead atoms. The molecule has 24 heavy (non-hydrogen) atoms. The van der Waals surface area contributed by atoms with Crippen molar-refractivity contribution in [3.05, 3.63) is 29.8 Å². The number of hydrogen-bond donors (Lipinski definition) is 2. The first-order chi connectivity index (χ1) is 11.3. The third kappa shape index (κ3) is 10.7. The average Bonchev–Trinajstić information content (AvgIpc) is 2.57. The first-order valence-corrected chi connectivity index (χ1v) is 8.53. The van der Waals surface area contributed by atoms with Gasteiger partial charge in [-0.15, -0.1) is 24.0 Å². The van der Waals surface area contributed by atoms with E-state index in [4.69, 9.17) is 9.47 Å². The van der Waals surface area contributed by atoms with Crippen LogP contribution in [0.1, 0.15) is 38.7 Å². The van der Waals surface area contributed by atoms with Gasteiger partial charge in [0.1, 0.15) is 5.75 Å². The minimum atomic E-state index is 0. The molecular formula is C18H32IN3O2. The van der Waals surface area contributed by atoms with Crippen molar-refractivity contribution in [2.24, 2.45) is 4.99 Å². The first-order valence-electron chi connectivity index (χ1n) is 8.53. The molecule has 0 amide bonds. The van der Waals surface area contributed by atoms with Gasteiger partial charge in [0.05, 0.1) is 13.2 Å². The molecule has 0 spiro atoms. The topological polar surface area (TPSA) is 54.9 Å². The standard InChI is InChI=1S/C18H31N3O2.HI/c1-4-6-13-23-17-10-7-9-16(14-17)15-21-18(19-5-2)20-11-8-12-22-3;/h7,9-10,14H,4-6,8,11-13,15H2,1-3H3,(H2,19,20,21);1H. The third-order valence-electron chi connectivity index (χ3n) is 3.25. The van der Waals surface area contributed by atoms with E-state index in [1.54, 1.807) is 7.11 Å². The number of hydrogen-bond acceptors (Lipinski definition) is 3. The number of ether oxygens (including phenoxy) is 2. The van der Waals surface area contributed by atoms with Crippen molar-refractivity contribution in [1.82, 2.24) is 10.6 Å². The number of benzene rings is 1. The van der Waals surface area contributed by atoms with Gasteiger partial charge in [-0.2, -0.15) is 0 Å². The lowest BCUT2D eigenvalue weighted by Crippen LogP contribution is -2.38. The molecule has 6 heteroatoms. The van der Waals surface area contributed by atoms with Crippen molar-refractivity contribution in [1.29, 1.82) is 0 Å². The van der Waals surface area contributed by atoms with Crippen LogP contribution >= 0.6 is 24.0 Å². The molecule has 1 rings (SSSR count). The van der Waals surface area contributed by atoms with Crippen molar-refractivity contribution >= 4 is 29.9 Å². The monoisotopic (exact) mass is 449 g/mol. The van der Waals surface area contributed by atoms with E-state index >= 15 is 0 Å². The van der Waals surface area contributed by atoms with Gasteiger partial charge in [-0.3, -0.25) is 0 Å². The van der Waals surface area contributed by atoms with Gasteiger partial charge in [-0.25, -0.2) is 4.99 Å². The summed E-state index contributed by atoms with van der Waals surface area (Å²) in [5.41, 5.74) is 1.15. The van der Waals surface area contributed by atoms with E-state index in [1.165, 1.54) is 0 Å². The second-order valence-corrected chi connectivity index (χ2v) is 5.32. The summed E-state index contributed by atoms with van der Waals surface area (Å²) >= 11 is 0. The predicted octanol–water partition coefficient (Wildman–Crippen LogP) is 3.58. The van der Waals surface area contributed by atoms with E-state index in [2.05, 4.69) is 41.6 Å². The highest BCUT2D eigenvalue weighted by molar-refractivity contribution is 14.0. The maximum atomic E-state index is 5.74. The van der Waals surface area contributed by atoms with E-state index in [-0.39, 0.29) is 24.0 Å². The lowest BCUT2D eigenvalue weighted by atomic mass is 10.2. The van der Waals surface area contributed by atoms with Gasteiger partial charge < -0.3 is 20.1 Å². The number of nitrogens with zero attached hydrogens (tertiary/aromatic N) is 1. The summed E-state index contributed by atoms with van der Waals surface area (Å²) in [5, 5.41) is 6.56. The molecule has 0 aliphatic carbocycles. The zero-order chi connectivity index (χ0) is 16.8. The van der Waals surface area contributed by atoms with E-state index in [9.17, 15) is 0 Å². The molecule has 0 saturated carbocycles. The predicted molar refractivity (Wildman–Crippen MR) is 112 cm³/mol. The van der Waals surface area contributed by atoms with Gasteiger partial charge >= 0.3 is 0 Å². The summed E-state index contributed by atoms with van der Waals surface area (Å²) in [4.78, 5) is 4.62. The molecule has 0 aliphatic heterocycles. The molecule has 0 fully saturated rings. The molecule has 0 radical (unpaired) electrons. The largest absolute Gasteiger partial charge is 0.494 e. The molecule has 1 aromatic carbocycles. The molecule has 5 nitrogen and oxygen atoms in total. The highest BCUT2D eigenvalue weighted by atomic mass is 127. The molecule has 2 N–H and O–H groups in total. The summed E-state index contributed by atoms with van der Waals surface area (Å²) in [6.45, 7) is 8.07. The Morgan fingerprint density at radius 3 is 2.67 bits per heavy atom. The van der Waals surface area contributed by atoms with Crippen LogP contribution in [-0.4, -0.2) is 39.4 Å². The van der Waals surface area contributed by atoms with Crippen molar-refractivity contribution in [3.8, 4) is 5.75 Å². The molecule has 0 saturated heterocycles. The molecule has 138 valence electrons. The van der Waals surface area contributed by atoms with Crippen LogP contribution in [-0.2, 0) is 11.3 Å². The van der Waals surface area contributed by atoms with Crippen LogP contribution < -0.4 is 15.4 Å². The fraction of sp³-hybridized carbons (Fsp3) is 0.611. The highest BCUT2D eigenvalue weighted by Crippen LogP contribution is 2.14. The number of methoxy groups -OCH3 is 1. The van der Waals surface area contributed by atoms with Crippen molar-refractivity contribution < 1.29 is 9.47 Å². The zero-order valence-electron chi connectivity index (χ0n) is 15.1. The molecule has 0 aromatic heterocycles. The number of halogens is 1. The maximum absolute atomic E-state index is 5.74. The van der Waals surface area contributed by atoms with Crippen LogP contribution in [0.3, 0.4) is 0 Å². The minimum Gasteiger partial charge on any atom is -0.494 e. The summed E-state index contributed by atoms with van der Waals surface area (Å²) in [6, 6.07) is 8.15. The van der Waals surface area contributed by atoms with Crippen molar-refractivity contribution in [3.63, 3.8) is 0 Å². The van der Waals surface area contributed by atoms with Crippen LogP contribution in [0, 0.1) is 0 Å². The van der Waals surface area contributed by atoms with Gasteiger partial charge in [-0.05, 0) is 37.5 Å². The van der Waals surface area contributed by atoms with Gasteiger partial charge in [0.15, 0.2) is 5.96 Å². The number of rotatable bonds is 11. The molecule has 0 atom stereocenters. The van der Waals surface area contributed by atoms with Crippen LogP contribution in [0.4, 0.5) is 0 Å². The maximum Gasteiger partial charge on any atom is 0.191 e. The summed E-state index contributed by atoms with van der Waals surface area (Å²) < 4.78 is 10.8. The van der Waals surface area contributed by atoms with Crippen LogP contribution in [0.25, 0.3) is 0 Å². The SMILES string of the molecule is CCCCOc1cccc(CN=C(NCC)NCCCOC)c1.I. The van der Waals surface area contributed by atoms with E-state index in [0.29, 0.717) is 6.54 Å². The third-order valence-corrected chi connectivity index (χ3v) is 3.25. The Balaban J connectivity index is 0.00000529. The normalized spacial score (nSPS) is 10.9. The quantitative estimate of drug-likeness (QED) is 0.235.